The molecule has 0 atom stereocenters. The Morgan fingerprint density at radius 3 is 1.17 bits per heavy atom. The Hall–Kier alpha value is -6.21. The van der Waals surface area contributed by atoms with E-state index in [2.05, 4.69) is 50.9 Å². The van der Waals surface area contributed by atoms with Crippen LogP contribution in [-0.4, -0.2) is 181 Å². The highest BCUT2D eigenvalue weighted by Gasteiger charge is 2.26. The van der Waals surface area contributed by atoms with Crippen LogP contribution in [0.3, 0.4) is 0 Å². The van der Waals surface area contributed by atoms with Gasteiger partial charge in [-0.1, -0.05) is 34.1 Å². The summed E-state index contributed by atoms with van der Waals surface area (Å²) in [4.78, 5) is 41.9. The fourth-order valence-corrected chi connectivity index (χ4v) is 7.53. The van der Waals surface area contributed by atoms with Gasteiger partial charge in [-0.2, -0.15) is 0 Å². The van der Waals surface area contributed by atoms with E-state index in [-0.39, 0.29) is 17.8 Å². The molecule has 0 aromatic heterocycles. The molecule has 3 fully saturated rings. The second-order valence-electron chi connectivity index (χ2n) is 19.3. The van der Waals surface area contributed by atoms with Crippen molar-refractivity contribution in [3.05, 3.63) is 88.8 Å². The summed E-state index contributed by atoms with van der Waals surface area (Å²) >= 11 is 3.33. The van der Waals surface area contributed by atoms with E-state index in [1.165, 1.54) is 0 Å². The normalized spacial score (nSPS) is 14.7. The highest BCUT2D eigenvalue weighted by atomic mass is 79.9. The van der Waals surface area contributed by atoms with Crippen molar-refractivity contribution in [1.29, 1.82) is 0 Å². The topological polar surface area (TPSA) is 158 Å². The molecule has 19 nitrogen and oxygen atoms in total. The van der Waals surface area contributed by atoms with Gasteiger partial charge in [-0.3, -0.25) is 4.90 Å². The number of carbonyl (C=O) groups excluding carboxylic acids is 2. The molecular weight excluding hydrogens is 1030 g/mol. The summed E-state index contributed by atoms with van der Waals surface area (Å²) in [6.07, 6.45) is 2.37. The molecular formula is C55H80BrN9O10. The molecule has 0 saturated carbocycles. The van der Waals surface area contributed by atoms with E-state index in [1.807, 2.05) is 41.5 Å². The van der Waals surface area contributed by atoms with Gasteiger partial charge in [-0.25, -0.2) is 24.1 Å². The van der Waals surface area contributed by atoms with Crippen molar-refractivity contribution in [2.45, 2.75) is 72.0 Å². The Morgan fingerprint density at radius 2 is 0.840 bits per heavy atom. The number of benzene rings is 3. The molecule has 3 aliphatic heterocycles. The lowest BCUT2D eigenvalue weighted by molar-refractivity contribution is 0.0141. The van der Waals surface area contributed by atoms with Crippen molar-refractivity contribution in [1.82, 2.24) is 30.2 Å². The Balaban J connectivity index is 0.000000274. The van der Waals surface area contributed by atoms with E-state index in [1.54, 1.807) is 85.7 Å². The summed E-state index contributed by atoms with van der Waals surface area (Å²) in [7, 11) is 4.73. The maximum atomic E-state index is 12.1. The quantitative estimate of drug-likeness (QED) is 0.0748. The monoisotopic (exact) mass is 1110 g/mol. The van der Waals surface area contributed by atoms with Crippen LogP contribution in [0.4, 0.5) is 26.7 Å². The first kappa shape index (κ1) is 63.1. The number of nitrogens with zero attached hydrogens (tertiary/aromatic N) is 7. The number of ether oxygens (including phenoxy) is 8. The maximum Gasteiger partial charge on any atom is 0.410 e. The minimum absolute atomic E-state index is 0.200. The lowest BCUT2D eigenvalue weighted by Crippen LogP contribution is -2.50. The van der Waals surface area contributed by atoms with Gasteiger partial charge >= 0.3 is 12.2 Å². The van der Waals surface area contributed by atoms with Crippen LogP contribution in [0.15, 0.2) is 54.6 Å². The maximum absolute atomic E-state index is 12.1. The molecule has 3 heterocycles. The molecule has 75 heavy (non-hydrogen) atoms. The van der Waals surface area contributed by atoms with Crippen LogP contribution in [0, 0.1) is 19.7 Å². The first-order valence-electron chi connectivity index (χ1n) is 25.4. The van der Waals surface area contributed by atoms with Crippen molar-refractivity contribution in [3.63, 3.8) is 0 Å². The summed E-state index contributed by atoms with van der Waals surface area (Å²) < 4.78 is 43.4. The van der Waals surface area contributed by atoms with Crippen LogP contribution in [0.25, 0.3) is 14.5 Å². The molecule has 0 unspecified atom stereocenters. The predicted octanol–water partition coefficient (Wildman–Crippen LogP) is 9.72. The molecule has 6 rings (SSSR count). The third kappa shape index (κ3) is 25.3. The van der Waals surface area contributed by atoms with E-state index < -0.39 is 5.60 Å². The number of methoxy groups -OCH3 is 3. The first-order chi connectivity index (χ1) is 36.0. The van der Waals surface area contributed by atoms with Crippen molar-refractivity contribution in [2.24, 2.45) is 0 Å². The summed E-state index contributed by atoms with van der Waals surface area (Å²) in [6.45, 7) is 46.7. The fraction of sp³-hybridized carbons (Fsp3) is 0.582. The number of piperazine rings is 3. The highest BCUT2D eigenvalue weighted by molar-refractivity contribution is 9.09. The molecule has 20 heteroatoms. The smallest absolute Gasteiger partial charge is 0.410 e. The van der Waals surface area contributed by atoms with Gasteiger partial charge in [-0.05, 0) is 97.2 Å². The fourth-order valence-electron chi connectivity index (χ4n) is 7.30. The number of alkyl halides is 1. The lowest BCUT2D eigenvalue weighted by atomic mass is 10.2. The first-order valence-corrected chi connectivity index (χ1v) is 26.5. The molecule has 2 N–H and O–H groups in total. The van der Waals surface area contributed by atoms with E-state index in [0.29, 0.717) is 84.5 Å². The summed E-state index contributed by atoms with van der Waals surface area (Å²) in [5.74, 6) is 3.86. The van der Waals surface area contributed by atoms with Crippen LogP contribution in [0.1, 0.15) is 60.8 Å². The van der Waals surface area contributed by atoms with Crippen molar-refractivity contribution < 1.29 is 47.5 Å². The van der Waals surface area contributed by atoms with Gasteiger partial charge in [0.25, 0.3) is 0 Å². The molecule has 412 valence electrons. The van der Waals surface area contributed by atoms with Gasteiger partial charge in [-0.15, -0.1) is 0 Å². The van der Waals surface area contributed by atoms with Crippen LogP contribution in [-0.2, 0) is 9.47 Å². The Morgan fingerprint density at radius 1 is 0.507 bits per heavy atom. The molecule has 2 amide bonds. The minimum atomic E-state index is -0.459. The average molecular weight is 1110 g/mol. The average Bonchev–Trinajstić information content (AvgIpc) is 3.41. The molecule has 3 saturated heterocycles. The number of rotatable bonds is 17. The largest absolute Gasteiger partial charge is 0.494 e. The van der Waals surface area contributed by atoms with Crippen molar-refractivity contribution >= 4 is 45.2 Å². The lowest BCUT2D eigenvalue weighted by Gasteiger charge is -2.35. The number of hydrogen-bond acceptors (Lipinski definition) is 14. The highest BCUT2D eigenvalue weighted by Crippen LogP contribution is 2.33. The van der Waals surface area contributed by atoms with E-state index in [9.17, 15) is 9.59 Å². The third-order valence-corrected chi connectivity index (χ3v) is 11.7. The van der Waals surface area contributed by atoms with Crippen LogP contribution < -0.4 is 39.1 Å². The number of hydrogen-bond donors (Lipinski definition) is 2. The molecule has 0 bridgehead atoms. The van der Waals surface area contributed by atoms with Gasteiger partial charge in [0.15, 0.2) is 34.3 Å². The van der Waals surface area contributed by atoms with Gasteiger partial charge in [0.1, 0.15) is 28.5 Å². The van der Waals surface area contributed by atoms with Crippen LogP contribution in [0.2, 0.25) is 0 Å². The van der Waals surface area contributed by atoms with Crippen LogP contribution >= 0.6 is 15.9 Å². The van der Waals surface area contributed by atoms with Gasteiger partial charge in [0.05, 0.1) is 60.9 Å². The summed E-state index contributed by atoms with van der Waals surface area (Å²) in [5.41, 5.74) is 0.804. The van der Waals surface area contributed by atoms with Gasteiger partial charge in [0, 0.05) is 97.0 Å². The number of amides is 2. The minimum Gasteiger partial charge on any atom is -0.494 e. The van der Waals surface area contributed by atoms with Crippen molar-refractivity contribution in [3.8, 4) is 34.5 Å². The number of nitrogens with one attached hydrogen (secondary N) is 2. The molecule has 0 spiro atoms. The number of halogens is 1. The Kier molecular flexibility index (Phi) is 28.9. The second kappa shape index (κ2) is 34.4. The zero-order valence-electron chi connectivity index (χ0n) is 45.6. The summed E-state index contributed by atoms with van der Waals surface area (Å²) in [6, 6.07) is 15.6. The van der Waals surface area contributed by atoms with E-state index in [4.69, 9.17) is 57.6 Å². The Labute approximate surface area is 454 Å². The van der Waals surface area contributed by atoms with Crippen LogP contribution in [0.5, 0.6) is 34.5 Å². The standard InChI is InChI=1S/C20H29N3O4.C15H21N3O2.C11H12BrNO2.C9H18N2O2/c1-20(2,3)27-19(24)23-12-10-22(11-13-23)9-6-14-26-17-8-7-16(21-4)15-18(17)25-5;1-16-13-4-5-14(15(12-13)19-2)20-11-3-8-18-9-6-17-7-10-18;1-13-9-4-5-10(11(8-9)14-2)15-7-3-6-12;1-9(2,3)13-8(12)11-6-4-10-5-7-11/h7-8,15H,6,9-14H2,1-3,5H3;4-5,12,17H,3,6-11H2,2H3;4-5,8H,3,6-7H2,2H3;10H,4-7H2,1-3H3. The predicted molar refractivity (Wildman–Crippen MR) is 296 cm³/mol. The third-order valence-electron chi connectivity index (χ3n) is 11.1. The number of carbonyl (C=O) groups is 2. The Bertz CT molecular complexity index is 2290. The zero-order valence-corrected chi connectivity index (χ0v) is 47.2. The molecule has 3 aromatic carbocycles. The van der Waals surface area contributed by atoms with Crippen molar-refractivity contribution in [2.75, 3.05) is 138 Å². The van der Waals surface area contributed by atoms with Gasteiger partial charge < -0.3 is 63.2 Å². The SMILES string of the molecule is CC(C)(C)OC(=O)N1CCNCC1.[C-]#[N+]c1ccc(OCCCBr)c(OC)c1.[C-]#[N+]c1ccc(OCCCN2CCN(C(=O)OC(C)(C)C)CC2)c(OC)c1.[C-]#[N+]c1ccc(OCCCN2CCNCC2)c(OC)c1. The molecule has 0 aliphatic carbocycles. The molecule has 3 aliphatic rings. The molecule has 0 radical (unpaired) electrons. The zero-order chi connectivity index (χ0) is 55.1. The second-order valence-corrected chi connectivity index (χ2v) is 20.0. The summed E-state index contributed by atoms with van der Waals surface area (Å²) in [5, 5.41) is 7.44. The van der Waals surface area contributed by atoms with Gasteiger partial charge in [0.2, 0.25) is 0 Å². The molecule has 3 aromatic rings. The van der Waals surface area contributed by atoms with E-state index in [0.717, 1.165) is 103 Å². The van der Waals surface area contributed by atoms with E-state index >= 15 is 0 Å².